The van der Waals surface area contributed by atoms with Gasteiger partial charge >= 0.3 is 0 Å². The van der Waals surface area contributed by atoms with Crippen LogP contribution in [0.15, 0.2) is 47.5 Å². The standard InChI is InChI=1S/C32H46N4O6/c1-34-21-32(15-13-23(20-32)14-16-40-3)42-29-19-24(17-26(30(29)39)36-31(33)35-2)7-5-6-8-25(37)11-9-22-10-12-27(38)28(18-22)41-4/h6,8,10,12,17-19,23,34,38-39H,5,7,9,11,13-16,20-21H2,1-4H3,(H3,33,35,36). The van der Waals surface area contributed by atoms with Crippen LogP contribution in [0.1, 0.15) is 49.7 Å². The molecule has 1 aliphatic rings. The van der Waals surface area contributed by atoms with Crippen molar-refractivity contribution in [2.24, 2.45) is 16.6 Å². The number of guanidine groups is 1. The fraction of sp³-hybridized carbons (Fsp3) is 0.500. The zero-order chi connectivity index (χ0) is 30.5. The third-order valence-corrected chi connectivity index (χ3v) is 7.67. The number of nitrogens with one attached hydrogen (secondary N) is 2. The van der Waals surface area contributed by atoms with E-state index in [1.807, 2.05) is 25.3 Å². The molecule has 1 fully saturated rings. The summed E-state index contributed by atoms with van der Waals surface area (Å²) in [5, 5.41) is 27.1. The molecule has 0 radical (unpaired) electrons. The normalized spacial score (nSPS) is 18.9. The Balaban J connectivity index is 1.69. The number of ketones is 1. The minimum absolute atomic E-state index is 0.0160. The predicted octanol–water partition coefficient (Wildman–Crippen LogP) is 4.33. The van der Waals surface area contributed by atoms with Crippen LogP contribution in [0, 0.1) is 5.92 Å². The molecular weight excluding hydrogens is 536 g/mol. The Hall–Kier alpha value is -3.76. The molecule has 6 N–H and O–H groups in total. The maximum atomic E-state index is 12.5. The second-order valence-electron chi connectivity index (χ2n) is 10.8. The van der Waals surface area contributed by atoms with Crippen LogP contribution in [0.3, 0.4) is 0 Å². The zero-order valence-corrected chi connectivity index (χ0v) is 25.2. The maximum absolute atomic E-state index is 12.5. The lowest BCUT2D eigenvalue weighted by Crippen LogP contribution is -2.42. The van der Waals surface area contributed by atoms with Gasteiger partial charge in [0.2, 0.25) is 0 Å². The SMILES string of the molecule is CN=C(N)Nc1cc(CCC=CC(=O)CCc2ccc(O)c(OC)c2)cc(OC2(CNC)CCC(CCOC)C2)c1O. The van der Waals surface area contributed by atoms with Gasteiger partial charge in [-0.05, 0) is 99.4 Å². The van der Waals surface area contributed by atoms with Gasteiger partial charge in [0.15, 0.2) is 34.7 Å². The van der Waals surface area contributed by atoms with Gasteiger partial charge in [-0.3, -0.25) is 9.79 Å². The fourth-order valence-corrected chi connectivity index (χ4v) is 5.44. The highest BCUT2D eigenvalue weighted by Crippen LogP contribution is 2.44. The molecule has 2 aromatic carbocycles. The minimum Gasteiger partial charge on any atom is -0.504 e. The number of methoxy groups -OCH3 is 2. The monoisotopic (exact) mass is 582 g/mol. The van der Waals surface area contributed by atoms with Crippen LogP contribution in [0.2, 0.25) is 0 Å². The summed E-state index contributed by atoms with van der Waals surface area (Å²) in [4.78, 5) is 16.4. The second kappa shape index (κ2) is 16.0. The predicted molar refractivity (Wildman–Crippen MR) is 166 cm³/mol. The number of carbonyl (C=O) groups excluding carboxylic acids is 1. The molecule has 2 atom stereocenters. The number of hydrogen-bond donors (Lipinski definition) is 5. The van der Waals surface area contributed by atoms with E-state index >= 15 is 0 Å². The van der Waals surface area contributed by atoms with E-state index in [-0.39, 0.29) is 23.2 Å². The van der Waals surface area contributed by atoms with E-state index in [0.717, 1.165) is 36.8 Å². The highest BCUT2D eigenvalue weighted by atomic mass is 16.5. The number of rotatable bonds is 16. The van der Waals surface area contributed by atoms with Crippen LogP contribution in [0.25, 0.3) is 0 Å². The van der Waals surface area contributed by atoms with Crippen molar-refractivity contribution in [2.75, 3.05) is 46.8 Å². The van der Waals surface area contributed by atoms with Crippen LogP contribution in [0.4, 0.5) is 5.69 Å². The largest absolute Gasteiger partial charge is 0.504 e. The van der Waals surface area contributed by atoms with E-state index in [1.54, 1.807) is 38.4 Å². The molecule has 10 heteroatoms. The fourth-order valence-electron chi connectivity index (χ4n) is 5.44. The first-order chi connectivity index (χ1) is 20.2. The summed E-state index contributed by atoms with van der Waals surface area (Å²) in [6.45, 7) is 1.37. The van der Waals surface area contributed by atoms with E-state index in [4.69, 9.17) is 19.9 Å². The van der Waals surface area contributed by atoms with Crippen molar-refractivity contribution in [1.82, 2.24) is 5.32 Å². The number of nitrogens with two attached hydrogens (primary N) is 1. The van der Waals surface area contributed by atoms with Crippen molar-refractivity contribution < 1.29 is 29.2 Å². The van der Waals surface area contributed by atoms with Gasteiger partial charge in [-0.2, -0.15) is 0 Å². The van der Waals surface area contributed by atoms with Gasteiger partial charge in [-0.1, -0.05) is 12.1 Å². The van der Waals surface area contributed by atoms with Crippen molar-refractivity contribution in [1.29, 1.82) is 0 Å². The molecule has 0 aromatic heterocycles. The molecule has 0 bridgehead atoms. The third kappa shape index (κ3) is 9.39. The Bertz CT molecular complexity index is 1250. The molecule has 10 nitrogen and oxygen atoms in total. The average Bonchev–Trinajstić information content (AvgIpc) is 3.38. The molecule has 0 aliphatic heterocycles. The number of allylic oxidation sites excluding steroid dienone is 2. The van der Waals surface area contributed by atoms with Crippen molar-refractivity contribution in [3.05, 3.63) is 53.6 Å². The van der Waals surface area contributed by atoms with E-state index < -0.39 is 5.60 Å². The van der Waals surface area contributed by atoms with Gasteiger partial charge in [0.05, 0.1) is 12.8 Å². The first kappa shape index (κ1) is 32.8. The molecule has 1 saturated carbocycles. The van der Waals surface area contributed by atoms with Gasteiger partial charge in [0.1, 0.15) is 5.60 Å². The van der Waals surface area contributed by atoms with Crippen molar-refractivity contribution in [2.45, 2.75) is 57.0 Å². The smallest absolute Gasteiger partial charge is 0.192 e. The van der Waals surface area contributed by atoms with Gasteiger partial charge in [-0.15, -0.1) is 0 Å². The topological polar surface area (TPSA) is 148 Å². The summed E-state index contributed by atoms with van der Waals surface area (Å²) >= 11 is 0. The lowest BCUT2D eigenvalue weighted by atomic mass is 9.97. The van der Waals surface area contributed by atoms with Crippen LogP contribution >= 0.6 is 0 Å². The van der Waals surface area contributed by atoms with Gasteiger partial charge in [0, 0.05) is 33.7 Å². The summed E-state index contributed by atoms with van der Waals surface area (Å²) in [5.74, 6) is 1.53. The second-order valence-corrected chi connectivity index (χ2v) is 10.8. The van der Waals surface area contributed by atoms with Crippen LogP contribution in [-0.2, 0) is 22.4 Å². The molecule has 3 rings (SSSR count). The number of aliphatic imine (C=N–C) groups is 1. The van der Waals surface area contributed by atoms with Crippen LogP contribution in [0.5, 0.6) is 23.0 Å². The minimum atomic E-state index is -0.446. The Morgan fingerprint density at radius 3 is 2.67 bits per heavy atom. The number of likely N-dealkylation sites (N-methyl/N-ethyl adjacent to an activating group) is 1. The van der Waals surface area contributed by atoms with Crippen LogP contribution in [-0.4, -0.2) is 69.0 Å². The van der Waals surface area contributed by atoms with Gasteiger partial charge in [-0.25, -0.2) is 0 Å². The summed E-state index contributed by atoms with van der Waals surface area (Å²) in [6, 6.07) is 8.79. The first-order valence-corrected chi connectivity index (χ1v) is 14.5. The van der Waals surface area contributed by atoms with E-state index in [2.05, 4.69) is 15.6 Å². The van der Waals surface area contributed by atoms with Gasteiger partial charge in [0.25, 0.3) is 0 Å². The number of carbonyl (C=O) groups is 1. The maximum Gasteiger partial charge on any atom is 0.192 e. The van der Waals surface area contributed by atoms with Crippen LogP contribution < -0.4 is 25.8 Å². The lowest BCUT2D eigenvalue weighted by Gasteiger charge is -2.31. The van der Waals surface area contributed by atoms with Crippen molar-refractivity contribution >= 4 is 17.4 Å². The summed E-state index contributed by atoms with van der Waals surface area (Å²) in [5.41, 5.74) is 7.74. The van der Waals surface area contributed by atoms with E-state index in [0.29, 0.717) is 61.9 Å². The molecule has 42 heavy (non-hydrogen) atoms. The number of nitrogens with zero attached hydrogens (tertiary/aromatic N) is 1. The molecule has 0 spiro atoms. The lowest BCUT2D eigenvalue weighted by molar-refractivity contribution is -0.114. The van der Waals surface area contributed by atoms with Crippen molar-refractivity contribution in [3.8, 4) is 23.0 Å². The molecule has 0 heterocycles. The zero-order valence-electron chi connectivity index (χ0n) is 25.2. The van der Waals surface area contributed by atoms with E-state index in [9.17, 15) is 15.0 Å². The Labute approximate surface area is 249 Å². The quantitative estimate of drug-likeness (QED) is 0.0844. The first-order valence-electron chi connectivity index (χ1n) is 14.5. The number of aryl methyl sites for hydroxylation is 2. The Morgan fingerprint density at radius 2 is 1.95 bits per heavy atom. The number of phenols is 2. The number of phenolic OH excluding ortho intramolecular Hbond substituents is 2. The molecule has 2 aromatic rings. The average molecular weight is 583 g/mol. The number of aromatic hydroxyl groups is 2. The summed E-state index contributed by atoms with van der Waals surface area (Å²) in [7, 11) is 6.69. The molecule has 0 saturated heterocycles. The van der Waals surface area contributed by atoms with E-state index in [1.165, 1.54) is 7.11 Å². The molecule has 1 aliphatic carbocycles. The summed E-state index contributed by atoms with van der Waals surface area (Å²) < 4.78 is 17.0. The molecule has 230 valence electrons. The Morgan fingerprint density at radius 1 is 1.17 bits per heavy atom. The summed E-state index contributed by atoms with van der Waals surface area (Å²) in [6.07, 6.45) is 9.37. The highest BCUT2D eigenvalue weighted by Gasteiger charge is 2.41. The Kier molecular flexibility index (Phi) is 12.5. The number of ether oxygens (including phenoxy) is 3. The van der Waals surface area contributed by atoms with Gasteiger partial charge < -0.3 is 40.8 Å². The third-order valence-electron chi connectivity index (χ3n) is 7.67. The molecule has 2 unspecified atom stereocenters. The molecule has 0 amide bonds. The highest BCUT2D eigenvalue weighted by molar-refractivity contribution is 5.94. The number of benzene rings is 2. The molecular formula is C32H46N4O6. The van der Waals surface area contributed by atoms with Crippen molar-refractivity contribution in [3.63, 3.8) is 0 Å². The number of hydrogen-bond acceptors (Lipinski definition) is 8. The number of anilines is 1.